The fraction of sp³-hybridized carbons (Fsp3) is 0.278. The van der Waals surface area contributed by atoms with Crippen LogP contribution in [0.5, 0.6) is 11.5 Å². The summed E-state index contributed by atoms with van der Waals surface area (Å²) in [5.74, 6) is -0.296. The van der Waals surface area contributed by atoms with E-state index >= 15 is 0 Å². The summed E-state index contributed by atoms with van der Waals surface area (Å²) in [5, 5.41) is 19.9. The Balaban J connectivity index is 1.92. The Bertz CT molecular complexity index is 712. The van der Waals surface area contributed by atoms with Crippen molar-refractivity contribution in [3.05, 3.63) is 58.7 Å². The number of carbonyl (C=O) groups excluding carboxylic acids is 1. The van der Waals surface area contributed by atoms with Crippen LogP contribution in [-0.2, 0) is 13.1 Å². The number of carbonyl (C=O) groups is 1. The molecular weight excluding hydrogens is 278 g/mol. The summed E-state index contributed by atoms with van der Waals surface area (Å²) in [6.45, 7) is 4.97. The van der Waals surface area contributed by atoms with Gasteiger partial charge in [-0.2, -0.15) is 0 Å². The monoisotopic (exact) mass is 297 g/mol. The summed E-state index contributed by atoms with van der Waals surface area (Å²) in [7, 11) is 0. The summed E-state index contributed by atoms with van der Waals surface area (Å²) in [6.07, 6.45) is 0. The van der Waals surface area contributed by atoms with Crippen molar-refractivity contribution in [3.63, 3.8) is 0 Å². The van der Waals surface area contributed by atoms with Crippen LogP contribution < -0.4 is 0 Å². The second-order valence-electron chi connectivity index (χ2n) is 6.01. The predicted molar refractivity (Wildman–Crippen MR) is 83.9 cm³/mol. The number of nitrogens with zero attached hydrogens (tertiary/aromatic N) is 1. The van der Waals surface area contributed by atoms with Crippen molar-refractivity contribution in [3.8, 4) is 11.5 Å². The minimum Gasteiger partial charge on any atom is -0.508 e. The zero-order chi connectivity index (χ0) is 15.9. The van der Waals surface area contributed by atoms with Crippen LogP contribution >= 0.6 is 0 Å². The highest BCUT2D eigenvalue weighted by atomic mass is 16.3. The highest BCUT2D eigenvalue weighted by Gasteiger charge is 2.26. The molecule has 0 bridgehead atoms. The fourth-order valence-corrected chi connectivity index (χ4v) is 2.87. The van der Waals surface area contributed by atoms with Gasteiger partial charge in [-0.15, -0.1) is 0 Å². The number of benzene rings is 2. The lowest BCUT2D eigenvalue weighted by atomic mass is 9.98. The van der Waals surface area contributed by atoms with Crippen molar-refractivity contribution in [1.29, 1.82) is 0 Å². The van der Waals surface area contributed by atoms with Gasteiger partial charge in [0, 0.05) is 19.2 Å². The van der Waals surface area contributed by atoms with Crippen molar-refractivity contribution in [2.24, 2.45) is 0 Å². The van der Waals surface area contributed by atoms with Gasteiger partial charge in [0.05, 0.1) is 5.56 Å². The first-order chi connectivity index (χ1) is 10.5. The largest absolute Gasteiger partial charge is 0.508 e. The Morgan fingerprint density at radius 3 is 2.18 bits per heavy atom. The fourth-order valence-electron chi connectivity index (χ4n) is 2.87. The van der Waals surface area contributed by atoms with Gasteiger partial charge < -0.3 is 15.1 Å². The maximum absolute atomic E-state index is 12.7. The number of amides is 1. The Kier molecular flexibility index (Phi) is 3.53. The third-order valence-corrected chi connectivity index (χ3v) is 4.13. The van der Waals surface area contributed by atoms with Crippen molar-refractivity contribution in [2.45, 2.75) is 32.9 Å². The predicted octanol–water partition coefficient (Wildman–Crippen LogP) is 3.38. The van der Waals surface area contributed by atoms with Crippen LogP contribution in [0.15, 0.2) is 36.4 Å². The molecule has 2 N–H and O–H groups in total. The topological polar surface area (TPSA) is 60.8 Å². The molecule has 1 aliphatic rings. The van der Waals surface area contributed by atoms with Crippen LogP contribution in [0.1, 0.15) is 46.8 Å². The van der Waals surface area contributed by atoms with Crippen molar-refractivity contribution >= 4 is 5.91 Å². The molecule has 0 fully saturated rings. The van der Waals surface area contributed by atoms with Crippen LogP contribution in [0, 0.1) is 0 Å². The second kappa shape index (κ2) is 5.37. The second-order valence-corrected chi connectivity index (χ2v) is 6.01. The van der Waals surface area contributed by atoms with Gasteiger partial charge in [-0.3, -0.25) is 4.79 Å². The van der Waals surface area contributed by atoms with E-state index in [0.717, 1.165) is 11.1 Å². The van der Waals surface area contributed by atoms with Gasteiger partial charge in [0.1, 0.15) is 11.5 Å². The molecule has 0 saturated heterocycles. The van der Waals surface area contributed by atoms with Crippen LogP contribution in [0.3, 0.4) is 0 Å². The number of aromatic hydroxyl groups is 2. The molecule has 2 aromatic carbocycles. The maximum Gasteiger partial charge on any atom is 0.258 e. The quantitative estimate of drug-likeness (QED) is 0.893. The number of rotatable bonds is 2. The lowest BCUT2D eigenvalue weighted by molar-refractivity contribution is 0.0748. The van der Waals surface area contributed by atoms with Gasteiger partial charge in [-0.25, -0.2) is 0 Å². The number of hydrogen-bond acceptors (Lipinski definition) is 3. The van der Waals surface area contributed by atoms with E-state index in [1.807, 2.05) is 38.1 Å². The minimum absolute atomic E-state index is 0.0220. The highest BCUT2D eigenvalue weighted by molar-refractivity contribution is 5.97. The first-order valence-corrected chi connectivity index (χ1v) is 7.39. The van der Waals surface area contributed by atoms with E-state index in [1.54, 1.807) is 11.0 Å². The molecule has 0 radical (unpaired) electrons. The third-order valence-electron chi connectivity index (χ3n) is 4.13. The van der Waals surface area contributed by atoms with E-state index in [4.69, 9.17) is 0 Å². The summed E-state index contributed by atoms with van der Waals surface area (Å²) < 4.78 is 0. The van der Waals surface area contributed by atoms with Gasteiger partial charge in [0.2, 0.25) is 0 Å². The lowest BCUT2D eigenvalue weighted by Crippen LogP contribution is -2.25. The third kappa shape index (κ3) is 2.41. The molecule has 1 amide bonds. The summed E-state index contributed by atoms with van der Waals surface area (Å²) in [6, 6.07) is 10.8. The Labute approximate surface area is 129 Å². The average Bonchev–Trinajstić information content (AvgIpc) is 2.90. The molecule has 0 spiro atoms. The number of phenolic OH excluding ortho intramolecular Hbond substituents is 2. The van der Waals surface area contributed by atoms with E-state index in [-0.39, 0.29) is 28.9 Å². The number of phenols is 2. The normalized spacial score (nSPS) is 13.5. The maximum atomic E-state index is 12.7. The molecule has 4 nitrogen and oxygen atoms in total. The van der Waals surface area contributed by atoms with Crippen molar-refractivity contribution < 1.29 is 15.0 Å². The Morgan fingerprint density at radius 2 is 1.64 bits per heavy atom. The molecule has 0 unspecified atom stereocenters. The van der Waals surface area contributed by atoms with Gasteiger partial charge in [0.25, 0.3) is 5.91 Å². The van der Waals surface area contributed by atoms with Gasteiger partial charge >= 0.3 is 0 Å². The number of fused-ring (bicyclic) bond motifs is 1. The van der Waals surface area contributed by atoms with E-state index in [9.17, 15) is 15.0 Å². The molecule has 4 heteroatoms. The molecule has 114 valence electrons. The molecule has 22 heavy (non-hydrogen) atoms. The highest BCUT2D eigenvalue weighted by Crippen LogP contribution is 2.34. The van der Waals surface area contributed by atoms with E-state index in [2.05, 4.69) is 0 Å². The van der Waals surface area contributed by atoms with Gasteiger partial charge in [0.15, 0.2) is 0 Å². The smallest absolute Gasteiger partial charge is 0.258 e. The SMILES string of the molecule is CC(C)c1cc(C(=O)N2Cc3ccccc3C2)c(O)cc1O. The van der Waals surface area contributed by atoms with Crippen LogP contribution in [0.2, 0.25) is 0 Å². The Morgan fingerprint density at radius 1 is 1.05 bits per heavy atom. The molecule has 2 aromatic rings. The van der Waals surface area contributed by atoms with Gasteiger partial charge in [-0.1, -0.05) is 38.1 Å². The molecule has 1 aliphatic heterocycles. The molecule has 0 atom stereocenters. The molecular formula is C18H19NO3. The van der Waals surface area contributed by atoms with Crippen molar-refractivity contribution in [1.82, 2.24) is 4.90 Å². The van der Waals surface area contributed by atoms with Gasteiger partial charge in [-0.05, 0) is 28.7 Å². The first kappa shape index (κ1) is 14.4. The number of hydrogen-bond donors (Lipinski definition) is 2. The van der Waals surface area contributed by atoms with E-state index < -0.39 is 0 Å². The first-order valence-electron chi connectivity index (χ1n) is 7.39. The molecule has 0 saturated carbocycles. The Hall–Kier alpha value is -2.49. The van der Waals surface area contributed by atoms with E-state index in [0.29, 0.717) is 18.7 Å². The minimum atomic E-state index is -0.212. The summed E-state index contributed by atoms with van der Waals surface area (Å²) in [5.41, 5.74) is 3.18. The van der Waals surface area contributed by atoms with Crippen molar-refractivity contribution in [2.75, 3.05) is 0 Å². The van der Waals surface area contributed by atoms with E-state index in [1.165, 1.54) is 6.07 Å². The standard InChI is InChI=1S/C18H19NO3/c1-11(2)14-7-15(17(21)8-16(14)20)18(22)19-9-12-5-3-4-6-13(12)10-19/h3-8,11,20-21H,9-10H2,1-2H3. The average molecular weight is 297 g/mol. The molecule has 0 aromatic heterocycles. The van der Waals surface area contributed by atoms with Crippen LogP contribution in [0.25, 0.3) is 0 Å². The summed E-state index contributed by atoms with van der Waals surface area (Å²) >= 11 is 0. The zero-order valence-corrected chi connectivity index (χ0v) is 12.7. The lowest BCUT2D eigenvalue weighted by Gasteiger charge is -2.18. The zero-order valence-electron chi connectivity index (χ0n) is 12.7. The van der Waals surface area contributed by atoms with Crippen LogP contribution in [-0.4, -0.2) is 21.0 Å². The summed E-state index contributed by atoms with van der Waals surface area (Å²) in [4.78, 5) is 14.4. The molecule has 1 heterocycles. The van der Waals surface area contributed by atoms with Crippen LogP contribution in [0.4, 0.5) is 0 Å². The molecule has 3 rings (SSSR count). The molecule has 0 aliphatic carbocycles.